The fourth-order valence-corrected chi connectivity index (χ4v) is 43.5. The molecule has 4 aliphatic carbocycles. The molecule has 0 aliphatic heterocycles. The monoisotopic (exact) mass is 933 g/mol. The Bertz CT molecular complexity index is 2010. The summed E-state index contributed by atoms with van der Waals surface area (Å²) in [4.78, 5) is 0. The number of hydrogen-bond donors (Lipinski definition) is 0. The Balaban J connectivity index is 1.30. The predicted octanol–water partition coefficient (Wildman–Crippen LogP) is 18.3. The zero-order valence-electron chi connectivity index (χ0n) is 37.8. The molecule has 60 heavy (non-hydrogen) atoms. The topological polar surface area (TPSA) is 0 Å². The van der Waals surface area contributed by atoms with Gasteiger partial charge in [-0.1, -0.05) is 0 Å². The van der Waals surface area contributed by atoms with Gasteiger partial charge in [-0.3, -0.25) is 0 Å². The molecule has 4 heteroatoms. The van der Waals surface area contributed by atoms with E-state index in [0.717, 1.165) is 25.7 Å². The molecule has 4 aromatic carbocycles. The first-order valence-electron chi connectivity index (χ1n) is 24.5. The van der Waals surface area contributed by atoms with Crippen molar-refractivity contribution in [3.63, 3.8) is 0 Å². The second kappa shape index (κ2) is 19.0. The molecular weight excluding hydrogens is 863 g/mol. The van der Waals surface area contributed by atoms with Crippen LogP contribution in [0.4, 0.5) is 0 Å². The second-order valence-corrected chi connectivity index (χ2v) is 62.8. The summed E-state index contributed by atoms with van der Waals surface area (Å²) < 4.78 is 0.261. The summed E-state index contributed by atoms with van der Waals surface area (Å²) in [6.45, 7) is 14.4. The van der Waals surface area contributed by atoms with Crippen LogP contribution >= 0.6 is 17.0 Å². The average Bonchev–Trinajstić information content (AvgIpc) is 3.57. The van der Waals surface area contributed by atoms with Crippen LogP contribution in [0.5, 0.6) is 0 Å². The normalized spacial score (nSPS) is 21.9. The van der Waals surface area contributed by atoms with Crippen molar-refractivity contribution >= 4 is 35.1 Å². The summed E-state index contributed by atoms with van der Waals surface area (Å²) in [6, 6.07) is 33.4. The summed E-state index contributed by atoms with van der Waals surface area (Å²) in [5, 5.41) is 0. The maximum absolute atomic E-state index is 9.18. The molecule has 8 rings (SSSR count). The third kappa shape index (κ3) is 8.66. The Kier molecular flexibility index (Phi) is 14.2. The Morgan fingerprint density at radius 3 is 1.23 bits per heavy atom. The van der Waals surface area contributed by atoms with Gasteiger partial charge in [0.15, 0.2) is 0 Å². The van der Waals surface area contributed by atoms with E-state index in [1.54, 1.807) is 11.1 Å². The summed E-state index contributed by atoms with van der Waals surface area (Å²) in [5.41, 5.74) is 17.0. The summed E-state index contributed by atoms with van der Waals surface area (Å²) in [7, 11) is 18.4. The average molecular weight is 936 g/mol. The first-order valence-corrected chi connectivity index (χ1v) is 40.8. The zero-order valence-corrected chi connectivity index (χ0v) is 43.0. The standard InChI is InChI=1S/2C27H33.C2H7Si.2ClH.Zr/c2*1-3-20(2)23-13-15-24(16-14-23)26-12-8-11-25-18-22(19-27(25)26)17-21-9-6-4-5-7-10-21;1-3-2;;;/h2*8,11-16,18-21H,3-7,9-10,17H2,1-2H3;3H,1-2H3;2*1H;/q;;;;;+2/p-2. The van der Waals surface area contributed by atoms with E-state index in [-0.39, 0.29) is 7.25 Å². The minimum atomic E-state index is -5.03. The van der Waals surface area contributed by atoms with E-state index in [9.17, 15) is 17.0 Å². The second-order valence-electron chi connectivity index (χ2n) is 20.3. The molecule has 0 saturated heterocycles. The van der Waals surface area contributed by atoms with Crippen LogP contribution in [0.15, 0.2) is 96.1 Å². The molecule has 0 aromatic heterocycles. The Morgan fingerprint density at radius 1 is 0.533 bits per heavy atom. The number of halogens is 2. The molecule has 0 nitrogen and oxygen atoms in total. The molecule has 4 aromatic rings. The zero-order chi connectivity index (χ0) is 42.0. The molecule has 4 unspecified atom stereocenters. The summed E-state index contributed by atoms with van der Waals surface area (Å²) >= 11 is -5.03. The number of rotatable bonds is 13. The Morgan fingerprint density at radius 2 is 0.900 bits per heavy atom. The van der Waals surface area contributed by atoms with Crippen molar-refractivity contribution in [2.75, 3.05) is 0 Å². The van der Waals surface area contributed by atoms with Gasteiger partial charge in [-0.2, -0.15) is 0 Å². The molecule has 2 saturated carbocycles. The fraction of sp³-hybridized carbons (Fsp3) is 0.500. The van der Waals surface area contributed by atoms with Crippen LogP contribution < -0.4 is 0 Å². The number of allylic oxidation sites excluding steroid dienone is 2. The van der Waals surface area contributed by atoms with Gasteiger partial charge in [-0.15, -0.1) is 0 Å². The van der Waals surface area contributed by atoms with Crippen LogP contribution in [-0.4, -0.2) is 5.92 Å². The van der Waals surface area contributed by atoms with Crippen LogP contribution in [0.3, 0.4) is 0 Å². The van der Waals surface area contributed by atoms with Crippen LogP contribution in [0.1, 0.15) is 183 Å². The number of hydrogen-bond acceptors (Lipinski definition) is 0. The fourth-order valence-electron chi connectivity index (χ4n) is 12.2. The molecule has 0 spiro atoms. The molecule has 0 N–H and O–H groups in total. The van der Waals surface area contributed by atoms with Crippen LogP contribution in [-0.2, 0) is 15.6 Å². The maximum atomic E-state index is 9.18. The van der Waals surface area contributed by atoms with Crippen molar-refractivity contribution < 1.29 is 15.6 Å². The van der Waals surface area contributed by atoms with Gasteiger partial charge < -0.3 is 0 Å². The van der Waals surface area contributed by atoms with Gasteiger partial charge in [0.25, 0.3) is 0 Å². The van der Waals surface area contributed by atoms with E-state index < -0.39 is 21.5 Å². The third-order valence-electron chi connectivity index (χ3n) is 16.3. The van der Waals surface area contributed by atoms with Crippen molar-refractivity contribution in [3.05, 3.63) is 129 Å². The molecular formula is C56H73Cl2SiZr. The van der Waals surface area contributed by atoms with Crippen molar-refractivity contribution in [1.29, 1.82) is 0 Å². The van der Waals surface area contributed by atoms with Gasteiger partial charge in [0.2, 0.25) is 0 Å². The van der Waals surface area contributed by atoms with E-state index in [4.69, 9.17) is 0 Å². The molecule has 0 amide bonds. The summed E-state index contributed by atoms with van der Waals surface area (Å²) in [6.07, 6.45) is 26.1. The molecule has 0 heterocycles. The number of fused-ring (bicyclic) bond motifs is 2. The van der Waals surface area contributed by atoms with Crippen molar-refractivity contribution in [3.8, 4) is 22.3 Å². The van der Waals surface area contributed by atoms with Crippen LogP contribution in [0.2, 0.25) is 13.1 Å². The van der Waals surface area contributed by atoms with Gasteiger partial charge in [0.1, 0.15) is 0 Å². The van der Waals surface area contributed by atoms with E-state index in [0.29, 0.717) is 23.7 Å². The molecule has 0 radical (unpaired) electrons. The van der Waals surface area contributed by atoms with E-state index >= 15 is 0 Å². The minimum absolute atomic E-state index is 0.131. The molecule has 4 aliphatic rings. The van der Waals surface area contributed by atoms with Crippen molar-refractivity contribution in [2.45, 2.75) is 163 Å². The van der Waals surface area contributed by atoms with Gasteiger partial charge in [0.05, 0.1) is 0 Å². The number of benzene rings is 4. The van der Waals surface area contributed by atoms with Gasteiger partial charge in [-0.05, 0) is 0 Å². The van der Waals surface area contributed by atoms with Gasteiger partial charge >= 0.3 is 377 Å². The van der Waals surface area contributed by atoms with Crippen molar-refractivity contribution in [1.82, 2.24) is 0 Å². The molecule has 319 valence electrons. The first kappa shape index (κ1) is 44.6. The Hall–Kier alpha value is -1.96. The molecule has 2 fully saturated rings. The van der Waals surface area contributed by atoms with Gasteiger partial charge in [-0.25, -0.2) is 0 Å². The predicted molar refractivity (Wildman–Crippen MR) is 265 cm³/mol. The summed E-state index contributed by atoms with van der Waals surface area (Å²) in [5.74, 6) is 0.826. The Labute approximate surface area is 373 Å². The molecule has 0 bridgehead atoms. The van der Waals surface area contributed by atoms with Crippen LogP contribution in [0.25, 0.3) is 34.4 Å². The van der Waals surface area contributed by atoms with E-state index in [1.165, 1.54) is 133 Å². The third-order valence-corrected chi connectivity index (χ3v) is 68.2. The van der Waals surface area contributed by atoms with E-state index in [1.807, 2.05) is 0 Å². The van der Waals surface area contributed by atoms with Crippen molar-refractivity contribution in [2.24, 2.45) is 11.8 Å². The molecule has 4 atom stereocenters. The van der Waals surface area contributed by atoms with E-state index in [2.05, 4.69) is 138 Å². The van der Waals surface area contributed by atoms with Crippen LogP contribution in [0, 0.1) is 11.8 Å². The van der Waals surface area contributed by atoms with Gasteiger partial charge in [0, 0.05) is 0 Å². The first-order chi connectivity index (χ1) is 29.0. The SMILES string of the molecule is CCC(C)c1ccc(-c2cccc3c2C=C(CC2CCCCCC2)[CH]3[Zr]([Cl])([Cl])([CH]2C(CC3CCCCCC3)=Cc3c(-c4ccc(C(C)CC)cc4)cccc32)[SiH](C)C)cc1. The quantitative estimate of drug-likeness (QED) is 0.0926.